The van der Waals surface area contributed by atoms with E-state index in [1.54, 1.807) is 0 Å². The van der Waals surface area contributed by atoms with Gasteiger partial charge in [0, 0.05) is 6.20 Å². The third kappa shape index (κ3) is 1.81. The molecule has 3 rings (SSSR count). The maximum Gasteiger partial charge on any atom is 0.370 e. The molecule has 0 unspecified atom stereocenters. The molecule has 1 aliphatic carbocycles. The van der Waals surface area contributed by atoms with E-state index in [0.717, 1.165) is 23.8 Å². The monoisotopic (exact) mass is 279 g/mol. The maximum absolute atomic E-state index is 14.2. The lowest BCUT2D eigenvalue weighted by molar-refractivity contribution is -0.149. The highest BCUT2D eigenvalue weighted by molar-refractivity contribution is 5.98. The van der Waals surface area contributed by atoms with Gasteiger partial charge in [-0.15, -0.1) is 0 Å². The quantitative estimate of drug-likeness (QED) is 0.781. The third-order valence-corrected chi connectivity index (χ3v) is 3.83. The lowest BCUT2D eigenvalue weighted by Crippen LogP contribution is -2.39. The van der Waals surface area contributed by atoms with Gasteiger partial charge in [-0.05, 0) is 31.7 Å². The number of rotatable bonds is 1. The van der Waals surface area contributed by atoms with Gasteiger partial charge in [-0.2, -0.15) is 9.37 Å². The van der Waals surface area contributed by atoms with Crippen LogP contribution in [-0.4, -0.2) is 21.1 Å². The molecule has 0 aromatic carbocycles. The number of esters is 1. The second kappa shape index (κ2) is 4.43. The van der Waals surface area contributed by atoms with E-state index < -0.39 is 23.1 Å². The van der Waals surface area contributed by atoms with E-state index in [4.69, 9.17) is 10.5 Å². The summed E-state index contributed by atoms with van der Waals surface area (Å²) in [5.41, 5.74) is 3.65. The Hall–Kier alpha value is -2.18. The van der Waals surface area contributed by atoms with Crippen molar-refractivity contribution in [3.05, 3.63) is 28.6 Å². The van der Waals surface area contributed by atoms with Crippen LogP contribution in [0.3, 0.4) is 0 Å². The molecule has 2 N–H and O–H groups in total. The molecule has 0 saturated heterocycles. The van der Waals surface area contributed by atoms with Crippen LogP contribution in [0.1, 0.15) is 32.1 Å². The van der Waals surface area contributed by atoms with E-state index >= 15 is 0 Å². The Morgan fingerprint density at radius 3 is 2.65 bits per heavy atom. The maximum atomic E-state index is 14.2. The third-order valence-electron chi connectivity index (χ3n) is 3.83. The molecule has 7 heteroatoms. The highest BCUT2D eigenvalue weighted by Crippen LogP contribution is 2.45. The van der Waals surface area contributed by atoms with Gasteiger partial charge in [-0.1, -0.05) is 6.42 Å². The van der Waals surface area contributed by atoms with Gasteiger partial charge in [0.15, 0.2) is 5.60 Å². The molecule has 0 bridgehead atoms. The molecule has 6 nitrogen and oxygen atoms in total. The first-order valence-electron chi connectivity index (χ1n) is 6.53. The predicted molar refractivity (Wildman–Crippen MR) is 69.1 cm³/mol. The minimum Gasteiger partial charge on any atom is -0.447 e. The molecular weight excluding hydrogens is 265 g/mol. The predicted octanol–water partition coefficient (Wildman–Crippen LogP) is 1.22. The standard InChI is InChI=1S/C13H14FN3O3/c14-9-10(17-7-4-8(15)16-12(17)19)13(20-11(9)18)5-2-1-3-6-13/h4,7H,1-3,5-6H2,(H2,15,16,19). The molecule has 1 saturated carbocycles. The number of nitrogens with zero attached hydrogens (tertiary/aromatic N) is 2. The minimum absolute atomic E-state index is 0.0281. The van der Waals surface area contributed by atoms with Gasteiger partial charge in [-0.25, -0.2) is 9.59 Å². The number of anilines is 1. The van der Waals surface area contributed by atoms with Crippen molar-refractivity contribution < 1.29 is 13.9 Å². The van der Waals surface area contributed by atoms with Gasteiger partial charge in [0.1, 0.15) is 11.5 Å². The summed E-state index contributed by atoms with van der Waals surface area (Å²) in [5, 5.41) is 0. The SMILES string of the molecule is Nc1ccn(C2=C(F)C(=O)OC23CCCCC3)c(=O)n1. The minimum atomic E-state index is -1.04. The van der Waals surface area contributed by atoms with Crippen molar-refractivity contribution in [3.63, 3.8) is 0 Å². The normalized spacial score (nSPS) is 21.4. The summed E-state index contributed by atoms with van der Waals surface area (Å²) in [6.07, 6.45) is 5.00. The zero-order valence-corrected chi connectivity index (χ0v) is 10.8. The lowest BCUT2D eigenvalue weighted by Gasteiger charge is -2.34. The number of nitrogens with two attached hydrogens (primary N) is 1. The number of hydrogen-bond acceptors (Lipinski definition) is 5. The van der Waals surface area contributed by atoms with E-state index in [1.165, 1.54) is 12.3 Å². The van der Waals surface area contributed by atoms with E-state index in [0.29, 0.717) is 12.8 Å². The van der Waals surface area contributed by atoms with E-state index in [2.05, 4.69) is 4.98 Å². The zero-order valence-electron chi connectivity index (χ0n) is 10.8. The first kappa shape index (κ1) is 12.8. The summed E-state index contributed by atoms with van der Waals surface area (Å²) < 4.78 is 20.4. The van der Waals surface area contributed by atoms with Crippen molar-refractivity contribution in [1.29, 1.82) is 0 Å². The molecule has 1 aliphatic heterocycles. The molecule has 0 atom stereocenters. The Labute approximate surface area is 114 Å². The largest absolute Gasteiger partial charge is 0.447 e. The van der Waals surface area contributed by atoms with Gasteiger partial charge >= 0.3 is 11.7 Å². The zero-order chi connectivity index (χ0) is 14.3. The average molecular weight is 279 g/mol. The Bertz CT molecular complexity index is 659. The molecule has 1 fully saturated rings. The molecule has 1 spiro atoms. The molecular formula is C13H14FN3O3. The van der Waals surface area contributed by atoms with Crippen molar-refractivity contribution in [2.24, 2.45) is 0 Å². The lowest BCUT2D eigenvalue weighted by atomic mass is 9.82. The van der Waals surface area contributed by atoms with Crippen LogP contribution in [0.4, 0.5) is 10.2 Å². The number of halogens is 1. The molecule has 2 aliphatic rings. The van der Waals surface area contributed by atoms with Crippen molar-refractivity contribution in [1.82, 2.24) is 9.55 Å². The topological polar surface area (TPSA) is 87.2 Å². The fraction of sp³-hybridized carbons (Fsp3) is 0.462. The summed E-state index contributed by atoms with van der Waals surface area (Å²) in [6, 6.07) is 1.39. The summed E-state index contributed by atoms with van der Waals surface area (Å²) in [4.78, 5) is 27.1. The van der Waals surface area contributed by atoms with Crippen LogP contribution in [-0.2, 0) is 9.53 Å². The summed E-state index contributed by atoms with van der Waals surface area (Å²) in [6.45, 7) is 0. The van der Waals surface area contributed by atoms with Crippen molar-refractivity contribution in [2.75, 3.05) is 5.73 Å². The number of carbonyl (C=O) groups excluding carboxylic acids is 1. The Morgan fingerprint density at radius 1 is 1.30 bits per heavy atom. The molecule has 0 radical (unpaired) electrons. The van der Waals surface area contributed by atoms with Gasteiger partial charge in [0.05, 0.1) is 0 Å². The van der Waals surface area contributed by atoms with Gasteiger partial charge in [-0.3, -0.25) is 4.57 Å². The van der Waals surface area contributed by atoms with Crippen LogP contribution in [0.2, 0.25) is 0 Å². The first-order valence-corrected chi connectivity index (χ1v) is 6.53. The number of ether oxygens (including phenoxy) is 1. The average Bonchev–Trinajstić information content (AvgIpc) is 2.63. The van der Waals surface area contributed by atoms with Gasteiger partial charge < -0.3 is 10.5 Å². The fourth-order valence-electron chi connectivity index (χ4n) is 2.94. The molecule has 1 aromatic rings. The number of hydrogen-bond donors (Lipinski definition) is 1. The van der Waals surface area contributed by atoms with E-state index in [-0.39, 0.29) is 11.5 Å². The summed E-state index contributed by atoms with van der Waals surface area (Å²) >= 11 is 0. The van der Waals surface area contributed by atoms with Crippen molar-refractivity contribution in [2.45, 2.75) is 37.7 Å². The Balaban J connectivity index is 2.17. The van der Waals surface area contributed by atoms with E-state index in [1.807, 2.05) is 0 Å². The first-order chi connectivity index (χ1) is 9.53. The van der Waals surface area contributed by atoms with Crippen LogP contribution in [0.5, 0.6) is 0 Å². The van der Waals surface area contributed by atoms with Gasteiger partial charge in [0.25, 0.3) is 0 Å². The van der Waals surface area contributed by atoms with Crippen molar-refractivity contribution >= 4 is 17.5 Å². The van der Waals surface area contributed by atoms with Crippen LogP contribution in [0.15, 0.2) is 22.9 Å². The molecule has 1 aromatic heterocycles. The Morgan fingerprint density at radius 2 is 2.00 bits per heavy atom. The van der Waals surface area contributed by atoms with Gasteiger partial charge in [0.2, 0.25) is 5.83 Å². The van der Waals surface area contributed by atoms with E-state index in [9.17, 15) is 14.0 Å². The number of carbonyl (C=O) groups is 1. The van der Waals surface area contributed by atoms with Crippen molar-refractivity contribution in [3.8, 4) is 0 Å². The van der Waals surface area contributed by atoms with Crippen LogP contribution >= 0.6 is 0 Å². The molecule has 2 heterocycles. The Kier molecular flexibility index (Phi) is 2.84. The van der Waals surface area contributed by atoms with Crippen LogP contribution in [0.25, 0.3) is 5.70 Å². The second-order valence-corrected chi connectivity index (χ2v) is 5.11. The summed E-state index contributed by atoms with van der Waals surface area (Å²) in [5.74, 6) is -1.97. The second-order valence-electron chi connectivity index (χ2n) is 5.11. The number of aromatic nitrogens is 2. The molecule has 106 valence electrons. The highest BCUT2D eigenvalue weighted by atomic mass is 19.1. The highest BCUT2D eigenvalue weighted by Gasteiger charge is 2.50. The number of nitrogen functional groups attached to an aromatic ring is 1. The molecule has 0 amide bonds. The fourth-order valence-corrected chi connectivity index (χ4v) is 2.94. The molecule has 20 heavy (non-hydrogen) atoms. The summed E-state index contributed by atoms with van der Waals surface area (Å²) in [7, 11) is 0. The van der Waals surface area contributed by atoms with Crippen LogP contribution in [0, 0.1) is 0 Å². The smallest absolute Gasteiger partial charge is 0.370 e. The van der Waals surface area contributed by atoms with Crippen LogP contribution < -0.4 is 11.4 Å².